The van der Waals surface area contributed by atoms with Crippen molar-refractivity contribution in [2.24, 2.45) is 0 Å². The molecule has 0 saturated carbocycles. The van der Waals surface area contributed by atoms with Crippen LogP contribution in [0.3, 0.4) is 0 Å². The van der Waals surface area contributed by atoms with Gasteiger partial charge in [-0.1, -0.05) is 0 Å². The van der Waals surface area contributed by atoms with E-state index in [4.69, 9.17) is 14.2 Å². The van der Waals surface area contributed by atoms with Crippen molar-refractivity contribution in [1.82, 2.24) is 4.98 Å². The molecule has 2 aromatic rings. The van der Waals surface area contributed by atoms with Gasteiger partial charge in [-0.25, -0.2) is 0 Å². The molecular weight excluding hydrogens is 270 g/mol. The summed E-state index contributed by atoms with van der Waals surface area (Å²) < 4.78 is 15.7. The Bertz CT molecular complexity index is 619. The monoisotopic (exact) mass is 287 g/mol. The number of benzene rings is 1. The zero-order valence-corrected chi connectivity index (χ0v) is 12.2. The van der Waals surface area contributed by atoms with Crippen molar-refractivity contribution in [2.75, 3.05) is 21.3 Å². The minimum absolute atomic E-state index is 0.149. The second-order valence-corrected chi connectivity index (χ2v) is 4.24. The predicted molar refractivity (Wildman–Crippen MR) is 80.3 cm³/mol. The molecule has 1 N–H and O–H groups in total. The Labute approximate surface area is 123 Å². The molecule has 0 atom stereocenters. The Balaban J connectivity index is 2.33. The van der Waals surface area contributed by atoms with Crippen molar-refractivity contribution in [2.45, 2.75) is 0 Å². The molecule has 0 radical (unpaired) electrons. The SMILES string of the molecule is COc1cc(C(=O)/C=C/c2ccc[nH]2)cc(OC)c1OC. The molecule has 5 heteroatoms. The molecule has 110 valence electrons. The summed E-state index contributed by atoms with van der Waals surface area (Å²) >= 11 is 0. The maximum atomic E-state index is 12.2. The van der Waals surface area contributed by atoms with Crippen molar-refractivity contribution in [3.8, 4) is 17.2 Å². The Morgan fingerprint density at radius 1 is 1.10 bits per heavy atom. The van der Waals surface area contributed by atoms with Crippen molar-refractivity contribution < 1.29 is 19.0 Å². The van der Waals surface area contributed by atoms with Gasteiger partial charge in [0.2, 0.25) is 5.75 Å². The van der Waals surface area contributed by atoms with Crippen molar-refractivity contribution in [1.29, 1.82) is 0 Å². The van der Waals surface area contributed by atoms with Crippen LogP contribution < -0.4 is 14.2 Å². The van der Waals surface area contributed by atoms with E-state index in [1.807, 2.05) is 12.1 Å². The topological polar surface area (TPSA) is 60.6 Å². The molecule has 1 aromatic heterocycles. The van der Waals surface area contributed by atoms with Crippen LogP contribution in [0.1, 0.15) is 16.1 Å². The summed E-state index contributed by atoms with van der Waals surface area (Å²) in [5.41, 5.74) is 1.32. The number of hydrogen-bond donors (Lipinski definition) is 1. The third kappa shape index (κ3) is 3.25. The normalized spacial score (nSPS) is 10.6. The van der Waals surface area contributed by atoms with Crippen molar-refractivity contribution >= 4 is 11.9 Å². The molecule has 0 aliphatic rings. The highest BCUT2D eigenvalue weighted by molar-refractivity contribution is 6.07. The number of hydrogen-bond acceptors (Lipinski definition) is 4. The van der Waals surface area contributed by atoms with Gasteiger partial charge in [-0.15, -0.1) is 0 Å². The molecule has 21 heavy (non-hydrogen) atoms. The van der Waals surface area contributed by atoms with E-state index in [-0.39, 0.29) is 5.78 Å². The Hall–Kier alpha value is -2.69. The second kappa shape index (κ2) is 6.65. The molecule has 0 aliphatic heterocycles. The van der Waals surface area contributed by atoms with Gasteiger partial charge < -0.3 is 19.2 Å². The Morgan fingerprint density at radius 3 is 2.24 bits per heavy atom. The average molecular weight is 287 g/mol. The first-order chi connectivity index (χ1) is 10.2. The Kier molecular flexibility index (Phi) is 4.66. The largest absolute Gasteiger partial charge is 0.493 e. The van der Waals surface area contributed by atoms with Gasteiger partial charge in [0.25, 0.3) is 0 Å². The number of allylic oxidation sites excluding steroid dienone is 1. The summed E-state index contributed by atoms with van der Waals surface area (Å²) in [4.78, 5) is 15.2. The number of nitrogens with one attached hydrogen (secondary N) is 1. The summed E-state index contributed by atoms with van der Waals surface area (Å²) in [7, 11) is 4.55. The molecule has 2 rings (SSSR count). The minimum atomic E-state index is -0.149. The fourth-order valence-electron chi connectivity index (χ4n) is 1.93. The number of aromatic amines is 1. The van der Waals surface area contributed by atoms with Crippen LogP contribution in [0.15, 0.2) is 36.5 Å². The van der Waals surface area contributed by atoms with E-state index >= 15 is 0 Å². The first-order valence-corrected chi connectivity index (χ1v) is 6.35. The zero-order valence-electron chi connectivity index (χ0n) is 12.2. The van der Waals surface area contributed by atoms with E-state index in [0.717, 1.165) is 5.69 Å². The number of carbonyl (C=O) groups is 1. The predicted octanol–water partition coefficient (Wildman–Crippen LogP) is 2.94. The van der Waals surface area contributed by atoms with Gasteiger partial charge >= 0.3 is 0 Å². The van der Waals surface area contributed by atoms with E-state index < -0.39 is 0 Å². The molecule has 1 aromatic carbocycles. The van der Waals surface area contributed by atoms with Gasteiger partial charge in [-0.2, -0.15) is 0 Å². The van der Waals surface area contributed by atoms with Crippen molar-refractivity contribution in [3.05, 3.63) is 47.8 Å². The minimum Gasteiger partial charge on any atom is -0.493 e. The fraction of sp³-hybridized carbons (Fsp3) is 0.188. The number of ether oxygens (including phenoxy) is 3. The van der Waals surface area contributed by atoms with E-state index in [1.165, 1.54) is 27.4 Å². The summed E-state index contributed by atoms with van der Waals surface area (Å²) in [6.07, 6.45) is 5.00. The van der Waals surface area contributed by atoms with Gasteiger partial charge in [0.1, 0.15) is 0 Å². The molecule has 0 amide bonds. The van der Waals surface area contributed by atoms with Crippen LogP contribution in [-0.2, 0) is 0 Å². The lowest BCUT2D eigenvalue weighted by Crippen LogP contribution is -2.00. The van der Waals surface area contributed by atoms with Gasteiger partial charge in [0, 0.05) is 17.5 Å². The number of methoxy groups -OCH3 is 3. The van der Waals surface area contributed by atoms with Crippen LogP contribution >= 0.6 is 0 Å². The molecular formula is C16H17NO4. The maximum absolute atomic E-state index is 12.2. The van der Waals surface area contributed by atoms with E-state index in [2.05, 4.69) is 4.98 Å². The first-order valence-electron chi connectivity index (χ1n) is 6.35. The van der Waals surface area contributed by atoms with Gasteiger partial charge in [-0.05, 0) is 36.4 Å². The van der Waals surface area contributed by atoms with Crippen LogP contribution in [0.4, 0.5) is 0 Å². The number of H-pyrrole nitrogens is 1. The summed E-state index contributed by atoms with van der Waals surface area (Å²) in [5, 5.41) is 0. The van der Waals surface area contributed by atoms with E-state index in [1.54, 1.807) is 24.4 Å². The molecule has 0 bridgehead atoms. The van der Waals surface area contributed by atoms with E-state index in [0.29, 0.717) is 22.8 Å². The highest BCUT2D eigenvalue weighted by atomic mass is 16.5. The summed E-state index contributed by atoms with van der Waals surface area (Å²) in [5.74, 6) is 1.22. The fourth-order valence-corrected chi connectivity index (χ4v) is 1.93. The number of ketones is 1. The quantitative estimate of drug-likeness (QED) is 0.655. The highest BCUT2D eigenvalue weighted by Gasteiger charge is 2.15. The lowest BCUT2D eigenvalue weighted by molar-refractivity contribution is 0.104. The molecule has 5 nitrogen and oxygen atoms in total. The summed E-state index contributed by atoms with van der Waals surface area (Å²) in [6, 6.07) is 6.99. The number of aromatic nitrogens is 1. The van der Waals surface area contributed by atoms with Crippen LogP contribution in [0.25, 0.3) is 6.08 Å². The molecule has 1 heterocycles. The Morgan fingerprint density at radius 2 is 1.76 bits per heavy atom. The lowest BCUT2D eigenvalue weighted by atomic mass is 10.1. The molecule has 0 unspecified atom stereocenters. The third-order valence-corrected chi connectivity index (χ3v) is 2.99. The molecule has 0 fully saturated rings. The first kappa shape index (κ1) is 14.7. The van der Waals surface area contributed by atoms with Crippen LogP contribution in [0.5, 0.6) is 17.2 Å². The highest BCUT2D eigenvalue weighted by Crippen LogP contribution is 2.38. The standard InChI is InChI=1S/C16H17NO4/c1-19-14-9-11(10-15(20-2)16(14)21-3)13(18)7-6-12-5-4-8-17-12/h4-10,17H,1-3H3/b7-6+. The van der Waals surface area contributed by atoms with Crippen LogP contribution in [-0.4, -0.2) is 32.1 Å². The molecule has 0 spiro atoms. The summed E-state index contributed by atoms with van der Waals surface area (Å²) in [6.45, 7) is 0. The van der Waals surface area contributed by atoms with Gasteiger partial charge in [0.15, 0.2) is 17.3 Å². The average Bonchev–Trinajstić information content (AvgIpc) is 3.04. The lowest BCUT2D eigenvalue weighted by Gasteiger charge is -2.13. The second-order valence-electron chi connectivity index (χ2n) is 4.24. The molecule has 0 aliphatic carbocycles. The van der Waals surface area contributed by atoms with Gasteiger partial charge in [-0.3, -0.25) is 4.79 Å². The number of rotatable bonds is 6. The molecule has 0 saturated heterocycles. The van der Waals surface area contributed by atoms with Crippen LogP contribution in [0.2, 0.25) is 0 Å². The smallest absolute Gasteiger partial charge is 0.203 e. The van der Waals surface area contributed by atoms with Crippen LogP contribution in [0, 0.1) is 0 Å². The van der Waals surface area contributed by atoms with Crippen molar-refractivity contribution in [3.63, 3.8) is 0 Å². The van der Waals surface area contributed by atoms with Gasteiger partial charge in [0.05, 0.1) is 21.3 Å². The maximum Gasteiger partial charge on any atom is 0.203 e. The number of carbonyl (C=O) groups excluding carboxylic acids is 1. The zero-order chi connectivity index (χ0) is 15.2. The van der Waals surface area contributed by atoms with E-state index in [9.17, 15) is 4.79 Å². The third-order valence-electron chi connectivity index (χ3n) is 2.99.